The molecule has 80 valence electrons. The van der Waals surface area contributed by atoms with Crippen LogP contribution in [0.4, 0.5) is 5.69 Å². The molecule has 0 amide bonds. The summed E-state index contributed by atoms with van der Waals surface area (Å²) in [6, 6.07) is 5.69. The molecule has 1 rings (SSSR count). The minimum atomic E-state index is -0.606. The summed E-state index contributed by atoms with van der Waals surface area (Å²) in [5.41, 5.74) is 4.91. The van der Waals surface area contributed by atoms with Crippen molar-refractivity contribution < 1.29 is 14.5 Å². The summed E-state index contributed by atoms with van der Waals surface area (Å²) in [7, 11) is 0. The first-order chi connectivity index (χ1) is 7.15. The molecule has 0 atom stereocenters. The SMILES string of the molecule is NCCC(=O)Oc1ccccc1[N+](=O)[O-]. The minimum absolute atomic E-state index is 0.0338. The molecule has 0 aliphatic rings. The maximum Gasteiger partial charge on any atom is 0.312 e. The fourth-order valence-corrected chi connectivity index (χ4v) is 0.986. The summed E-state index contributed by atoms with van der Waals surface area (Å²) in [4.78, 5) is 21.0. The number of hydrogen-bond donors (Lipinski definition) is 1. The molecule has 0 aliphatic carbocycles. The van der Waals surface area contributed by atoms with Crippen molar-refractivity contribution in [3.8, 4) is 5.75 Å². The lowest BCUT2D eigenvalue weighted by molar-refractivity contribution is -0.385. The molecule has 0 bridgehead atoms. The lowest BCUT2D eigenvalue weighted by atomic mass is 10.3. The summed E-state index contributed by atoms with van der Waals surface area (Å²) in [6.07, 6.45) is 0.0338. The lowest BCUT2D eigenvalue weighted by Gasteiger charge is -2.03. The molecule has 1 aromatic rings. The summed E-state index contributed by atoms with van der Waals surface area (Å²) < 4.78 is 4.79. The Morgan fingerprint density at radius 1 is 1.47 bits per heavy atom. The third-order valence-electron chi connectivity index (χ3n) is 1.63. The van der Waals surface area contributed by atoms with Gasteiger partial charge < -0.3 is 10.5 Å². The van der Waals surface area contributed by atoms with Gasteiger partial charge in [0.25, 0.3) is 0 Å². The highest BCUT2D eigenvalue weighted by Crippen LogP contribution is 2.25. The number of esters is 1. The van der Waals surface area contributed by atoms with E-state index in [0.29, 0.717) is 0 Å². The zero-order valence-corrected chi connectivity index (χ0v) is 7.88. The van der Waals surface area contributed by atoms with Crippen LogP contribution in [0, 0.1) is 10.1 Å². The average molecular weight is 210 g/mol. The van der Waals surface area contributed by atoms with E-state index in [1.54, 1.807) is 6.07 Å². The van der Waals surface area contributed by atoms with Gasteiger partial charge >= 0.3 is 11.7 Å². The van der Waals surface area contributed by atoms with Gasteiger partial charge in [0.2, 0.25) is 5.75 Å². The van der Waals surface area contributed by atoms with Crippen LogP contribution in [0.15, 0.2) is 24.3 Å². The Bertz CT molecular complexity index is 378. The van der Waals surface area contributed by atoms with Crippen LogP contribution >= 0.6 is 0 Å². The first-order valence-corrected chi connectivity index (χ1v) is 4.29. The fourth-order valence-electron chi connectivity index (χ4n) is 0.986. The average Bonchev–Trinajstić information content (AvgIpc) is 2.18. The Balaban J connectivity index is 2.84. The molecule has 1 aromatic carbocycles. The van der Waals surface area contributed by atoms with E-state index in [1.165, 1.54) is 18.2 Å². The Labute approximate surface area is 85.8 Å². The van der Waals surface area contributed by atoms with E-state index in [1.807, 2.05) is 0 Å². The van der Waals surface area contributed by atoms with Crippen molar-refractivity contribution in [1.29, 1.82) is 0 Å². The number of ether oxygens (including phenoxy) is 1. The van der Waals surface area contributed by atoms with Crippen LogP contribution < -0.4 is 10.5 Å². The Kier molecular flexibility index (Phi) is 3.75. The molecule has 15 heavy (non-hydrogen) atoms. The van der Waals surface area contributed by atoms with E-state index in [0.717, 1.165) is 0 Å². The van der Waals surface area contributed by atoms with Crippen molar-refractivity contribution in [3.63, 3.8) is 0 Å². The van der Waals surface area contributed by atoms with Crippen molar-refractivity contribution in [3.05, 3.63) is 34.4 Å². The van der Waals surface area contributed by atoms with Crippen LogP contribution in [0.1, 0.15) is 6.42 Å². The fraction of sp³-hybridized carbons (Fsp3) is 0.222. The van der Waals surface area contributed by atoms with Crippen molar-refractivity contribution in [2.24, 2.45) is 5.73 Å². The number of carbonyl (C=O) groups excluding carboxylic acids is 1. The monoisotopic (exact) mass is 210 g/mol. The second-order valence-electron chi connectivity index (χ2n) is 2.74. The molecule has 0 radical (unpaired) electrons. The zero-order valence-electron chi connectivity index (χ0n) is 7.88. The van der Waals surface area contributed by atoms with Gasteiger partial charge in [0, 0.05) is 12.6 Å². The highest BCUT2D eigenvalue weighted by Gasteiger charge is 2.16. The molecule has 0 spiro atoms. The van der Waals surface area contributed by atoms with E-state index < -0.39 is 10.9 Å². The highest BCUT2D eigenvalue weighted by atomic mass is 16.6. The summed E-state index contributed by atoms with van der Waals surface area (Å²) in [5.74, 6) is -0.632. The van der Waals surface area contributed by atoms with Crippen LogP contribution in [0.5, 0.6) is 5.75 Å². The molecular formula is C9H10N2O4. The summed E-state index contributed by atoms with van der Waals surface area (Å²) in [6.45, 7) is 0.152. The molecule has 0 unspecified atom stereocenters. The van der Waals surface area contributed by atoms with Crippen molar-refractivity contribution in [1.82, 2.24) is 0 Å². The van der Waals surface area contributed by atoms with Gasteiger partial charge in [0.15, 0.2) is 0 Å². The molecule has 0 aliphatic heterocycles. The van der Waals surface area contributed by atoms with Crippen LogP contribution in [-0.4, -0.2) is 17.4 Å². The third-order valence-corrected chi connectivity index (χ3v) is 1.63. The van der Waals surface area contributed by atoms with E-state index in [9.17, 15) is 14.9 Å². The molecule has 0 aromatic heterocycles. The lowest BCUT2D eigenvalue weighted by Crippen LogP contribution is -2.14. The third kappa shape index (κ3) is 3.03. The second kappa shape index (κ2) is 5.06. The van der Waals surface area contributed by atoms with Crippen LogP contribution in [0.3, 0.4) is 0 Å². The molecule has 0 heterocycles. The van der Waals surface area contributed by atoms with Gasteiger partial charge in [-0.25, -0.2) is 0 Å². The Morgan fingerprint density at radius 3 is 2.73 bits per heavy atom. The highest BCUT2D eigenvalue weighted by molar-refractivity contribution is 5.73. The predicted molar refractivity (Wildman–Crippen MR) is 52.4 cm³/mol. The van der Waals surface area contributed by atoms with Crippen molar-refractivity contribution in [2.75, 3.05) is 6.54 Å². The normalized spacial score (nSPS) is 9.67. The van der Waals surface area contributed by atoms with Gasteiger partial charge in [-0.05, 0) is 6.07 Å². The van der Waals surface area contributed by atoms with E-state index >= 15 is 0 Å². The largest absolute Gasteiger partial charge is 0.419 e. The standard InChI is InChI=1S/C9H10N2O4/c10-6-5-9(12)15-8-4-2-1-3-7(8)11(13)14/h1-4H,5-6,10H2. The summed E-state index contributed by atoms with van der Waals surface area (Å²) in [5, 5.41) is 10.6. The Hall–Kier alpha value is -1.95. The number of rotatable bonds is 4. The first-order valence-electron chi connectivity index (χ1n) is 4.29. The van der Waals surface area contributed by atoms with Crippen molar-refractivity contribution in [2.45, 2.75) is 6.42 Å². The molecule has 2 N–H and O–H groups in total. The number of nitro benzene ring substituents is 1. The molecule has 0 saturated carbocycles. The van der Waals surface area contributed by atoms with Gasteiger partial charge in [-0.1, -0.05) is 12.1 Å². The second-order valence-corrected chi connectivity index (χ2v) is 2.74. The van der Waals surface area contributed by atoms with Crippen LogP contribution in [0.25, 0.3) is 0 Å². The van der Waals surface area contributed by atoms with Crippen LogP contribution in [0.2, 0.25) is 0 Å². The van der Waals surface area contributed by atoms with Gasteiger partial charge in [0.05, 0.1) is 11.3 Å². The quantitative estimate of drug-likeness (QED) is 0.344. The van der Waals surface area contributed by atoms with Gasteiger partial charge in [-0.3, -0.25) is 14.9 Å². The number of para-hydroxylation sites is 2. The number of carbonyl (C=O) groups is 1. The van der Waals surface area contributed by atoms with Crippen molar-refractivity contribution >= 4 is 11.7 Å². The minimum Gasteiger partial charge on any atom is -0.419 e. The van der Waals surface area contributed by atoms with Gasteiger partial charge in [0.1, 0.15) is 0 Å². The molecular weight excluding hydrogens is 200 g/mol. The number of hydrogen-bond acceptors (Lipinski definition) is 5. The van der Waals surface area contributed by atoms with E-state index in [2.05, 4.69) is 0 Å². The maximum atomic E-state index is 11.1. The van der Waals surface area contributed by atoms with E-state index in [4.69, 9.17) is 10.5 Å². The molecule has 6 heteroatoms. The molecule has 6 nitrogen and oxygen atoms in total. The van der Waals surface area contributed by atoms with E-state index in [-0.39, 0.29) is 24.4 Å². The number of benzene rings is 1. The first kappa shape index (κ1) is 11.1. The topological polar surface area (TPSA) is 95.5 Å². The molecule has 0 saturated heterocycles. The maximum absolute atomic E-state index is 11.1. The van der Waals surface area contributed by atoms with Gasteiger partial charge in [-0.2, -0.15) is 0 Å². The number of nitrogens with zero attached hydrogens (tertiary/aromatic N) is 1. The van der Waals surface area contributed by atoms with Crippen LogP contribution in [-0.2, 0) is 4.79 Å². The predicted octanol–water partition coefficient (Wildman–Crippen LogP) is 0.849. The number of nitro groups is 1. The van der Waals surface area contributed by atoms with Gasteiger partial charge in [-0.15, -0.1) is 0 Å². The Morgan fingerprint density at radius 2 is 2.13 bits per heavy atom. The summed E-state index contributed by atoms with van der Waals surface area (Å²) >= 11 is 0. The molecule has 0 fully saturated rings. The zero-order chi connectivity index (χ0) is 11.3. The number of nitrogens with two attached hydrogens (primary N) is 1. The smallest absolute Gasteiger partial charge is 0.312 e.